The summed E-state index contributed by atoms with van der Waals surface area (Å²) in [5.74, 6) is -0.542. The molecule has 0 saturated carbocycles. The lowest BCUT2D eigenvalue weighted by Gasteiger charge is -2.29. The van der Waals surface area contributed by atoms with Crippen LogP contribution in [0.25, 0.3) is 0 Å². The molecule has 36 heavy (non-hydrogen) atoms. The molecule has 5 rings (SSSR count). The predicted molar refractivity (Wildman–Crippen MR) is 123 cm³/mol. The van der Waals surface area contributed by atoms with Crippen LogP contribution in [0.5, 0.6) is 5.75 Å². The van der Waals surface area contributed by atoms with Gasteiger partial charge in [0.15, 0.2) is 0 Å². The van der Waals surface area contributed by atoms with Crippen LogP contribution in [0.1, 0.15) is 52.7 Å². The second-order valence-electron chi connectivity index (χ2n) is 9.46. The van der Waals surface area contributed by atoms with Crippen LogP contribution in [0.15, 0.2) is 42.5 Å². The largest absolute Gasteiger partial charge is 0.489 e. The van der Waals surface area contributed by atoms with E-state index in [9.17, 15) is 27.6 Å². The Kier molecular flexibility index (Phi) is 6.46. The lowest BCUT2D eigenvalue weighted by Crippen LogP contribution is -2.52. The van der Waals surface area contributed by atoms with Crippen molar-refractivity contribution in [1.29, 1.82) is 0 Å². The topological polar surface area (TPSA) is 79.0 Å². The third-order valence-electron chi connectivity index (χ3n) is 7.08. The van der Waals surface area contributed by atoms with Crippen molar-refractivity contribution in [2.75, 3.05) is 6.54 Å². The van der Waals surface area contributed by atoms with E-state index in [4.69, 9.17) is 4.74 Å². The van der Waals surface area contributed by atoms with Gasteiger partial charge in [0.1, 0.15) is 24.4 Å². The molecule has 0 radical (unpaired) electrons. The number of fused-ring (bicyclic) bond motifs is 1. The van der Waals surface area contributed by atoms with Crippen molar-refractivity contribution in [2.45, 2.75) is 63.6 Å². The normalized spacial score (nSPS) is 22.6. The SMILES string of the molecule is O=C1CCC(N2Cc3c(OCc4ccc(CN5CCC[C@@H]5C(F)(F)F)cc4)cccc3C2=O)C(=O)N1. The Morgan fingerprint density at radius 3 is 2.47 bits per heavy atom. The van der Waals surface area contributed by atoms with E-state index in [0.29, 0.717) is 29.8 Å². The minimum absolute atomic E-state index is 0.139. The van der Waals surface area contributed by atoms with Gasteiger partial charge in [-0.05, 0) is 49.1 Å². The van der Waals surface area contributed by atoms with Crippen LogP contribution in [0.2, 0.25) is 0 Å². The summed E-state index contributed by atoms with van der Waals surface area (Å²) in [4.78, 5) is 39.6. The Labute approximate surface area is 206 Å². The van der Waals surface area contributed by atoms with Gasteiger partial charge >= 0.3 is 6.18 Å². The summed E-state index contributed by atoms with van der Waals surface area (Å²) in [7, 11) is 0. The maximum Gasteiger partial charge on any atom is 0.404 e. The highest BCUT2D eigenvalue weighted by molar-refractivity contribution is 6.05. The Morgan fingerprint density at radius 1 is 1.00 bits per heavy atom. The standard InChI is InChI=1S/C26H26F3N3O4/c27-26(28,29)22-5-2-12-31(22)13-16-6-8-17(9-7-16)15-36-21-4-1-3-18-19(21)14-32(25(18)35)20-10-11-23(33)30-24(20)34/h1,3-4,6-9,20,22H,2,5,10-15H2,(H,30,33,34)/t20?,22-/m1/s1. The molecule has 3 aliphatic heterocycles. The van der Waals surface area contributed by atoms with Gasteiger partial charge in [-0.2, -0.15) is 13.2 Å². The average molecular weight is 502 g/mol. The number of piperidine rings is 1. The smallest absolute Gasteiger partial charge is 0.404 e. The first-order chi connectivity index (χ1) is 17.2. The number of imide groups is 1. The van der Waals surface area contributed by atoms with Crippen molar-refractivity contribution in [3.8, 4) is 5.75 Å². The molecule has 2 aromatic carbocycles. The number of ether oxygens (including phenoxy) is 1. The van der Waals surface area contributed by atoms with Crippen LogP contribution in [0.3, 0.4) is 0 Å². The summed E-state index contributed by atoms with van der Waals surface area (Å²) in [6, 6.07) is 10.4. The second kappa shape index (κ2) is 9.57. The minimum atomic E-state index is -4.21. The summed E-state index contributed by atoms with van der Waals surface area (Å²) in [6.45, 7) is 1.11. The van der Waals surface area contributed by atoms with Gasteiger partial charge in [0.2, 0.25) is 11.8 Å². The van der Waals surface area contributed by atoms with Gasteiger partial charge in [0.05, 0.1) is 6.54 Å². The molecule has 2 atom stereocenters. The number of amides is 3. The molecule has 0 spiro atoms. The number of hydrogen-bond acceptors (Lipinski definition) is 5. The highest BCUT2D eigenvalue weighted by Crippen LogP contribution is 2.35. The van der Waals surface area contributed by atoms with E-state index in [1.807, 2.05) is 24.3 Å². The average Bonchev–Trinajstić information content (AvgIpc) is 3.44. The Hall–Kier alpha value is -3.40. The number of nitrogens with zero attached hydrogens (tertiary/aromatic N) is 2. The number of alkyl halides is 3. The fourth-order valence-electron chi connectivity index (χ4n) is 5.21. The monoisotopic (exact) mass is 501 g/mol. The molecule has 1 N–H and O–H groups in total. The zero-order chi connectivity index (χ0) is 25.4. The Balaban J connectivity index is 1.22. The zero-order valence-electron chi connectivity index (χ0n) is 19.5. The first-order valence-corrected chi connectivity index (χ1v) is 12.0. The molecule has 2 saturated heterocycles. The van der Waals surface area contributed by atoms with Crippen LogP contribution in [0.4, 0.5) is 13.2 Å². The van der Waals surface area contributed by atoms with E-state index in [-0.39, 0.29) is 50.8 Å². The molecule has 10 heteroatoms. The molecule has 2 fully saturated rings. The van der Waals surface area contributed by atoms with Crippen molar-refractivity contribution in [3.05, 3.63) is 64.7 Å². The molecular formula is C26H26F3N3O4. The molecule has 2 aromatic rings. The number of benzene rings is 2. The molecule has 7 nitrogen and oxygen atoms in total. The van der Waals surface area contributed by atoms with E-state index < -0.39 is 24.2 Å². The lowest BCUT2D eigenvalue weighted by molar-refractivity contribution is -0.177. The summed E-state index contributed by atoms with van der Waals surface area (Å²) >= 11 is 0. The zero-order valence-corrected chi connectivity index (χ0v) is 19.5. The van der Waals surface area contributed by atoms with Gasteiger partial charge in [-0.1, -0.05) is 30.3 Å². The molecule has 3 aliphatic rings. The van der Waals surface area contributed by atoms with E-state index in [1.54, 1.807) is 18.2 Å². The maximum absolute atomic E-state index is 13.2. The number of nitrogens with one attached hydrogen (secondary N) is 1. The van der Waals surface area contributed by atoms with Crippen molar-refractivity contribution >= 4 is 17.7 Å². The molecule has 0 aromatic heterocycles. The maximum atomic E-state index is 13.2. The quantitative estimate of drug-likeness (QED) is 0.613. The van der Waals surface area contributed by atoms with Gasteiger partial charge in [0, 0.05) is 24.1 Å². The summed E-state index contributed by atoms with van der Waals surface area (Å²) in [5, 5.41) is 2.29. The van der Waals surface area contributed by atoms with Crippen LogP contribution in [-0.4, -0.2) is 52.3 Å². The highest BCUT2D eigenvalue weighted by atomic mass is 19.4. The fourth-order valence-corrected chi connectivity index (χ4v) is 5.21. The first kappa shape index (κ1) is 24.3. The number of halogens is 3. The van der Waals surface area contributed by atoms with Crippen LogP contribution < -0.4 is 10.1 Å². The van der Waals surface area contributed by atoms with Crippen LogP contribution >= 0.6 is 0 Å². The van der Waals surface area contributed by atoms with E-state index in [0.717, 1.165) is 11.1 Å². The number of carbonyl (C=O) groups excluding carboxylic acids is 3. The number of likely N-dealkylation sites (tertiary alicyclic amines) is 1. The van der Waals surface area contributed by atoms with Gasteiger partial charge in [0.25, 0.3) is 5.91 Å². The van der Waals surface area contributed by atoms with Crippen LogP contribution in [0, 0.1) is 0 Å². The van der Waals surface area contributed by atoms with Crippen molar-refractivity contribution < 1.29 is 32.3 Å². The third kappa shape index (κ3) is 4.82. The van der Waals surface area contributed by atoms with Crippen LogP contribution in [-0.2, 0) is 29.3 Å². The summed E-state index contributed by atoms with van der Waals surface area (Å²) < 4.78 is 45.6. The lowest BCUT2D eigenvalue weighted by atomic mass is 10.0. The van der Waals surface area contributed by atoms with E-state index in [2.05, 4.69) is 5.32 Å². The molecular weight excluding hydrogens is 475 g/mol. The van der Waals surface area contributed by atoms with E-state index in [1.165, 1.54) is 9.80 Å². The van der Waals surface area contributed by atoms with Crippen molar-refractivity contribution in [3.63, 3.8) is 0 Å². The molecule has 1 unspecified atom stereocenters. The Bertz CT molecular complexity index is 1180. The number of carbonyl (C=O) groups is 3. The second-order valence-corrected chi connectivity index (χ2v) is 9.46. The number of hydrogen-bond donors (Lipinski definition) is 1. The highest BCUT2D eigenvalue weighted by Gasteiger charge is 2.45. The van der Waals surface area contributed by atoms with Crippen molar-refractivity contribution in [2.24, 2.45) is 0 Å². The third-order valence-corrected chi connectivity index (χ3v) is 7.08. The van der Waals surface area contributed by atoms with Crippen molar-refractivity contribution in [1.82, 2.24) is 15.1 Å². The van der Waals surface area contributed by atoms with Gasteiger partial charge in [-0.15, -0.1) is 0 Å². The molecule has 3 heterocycles. The predicted octanol–water partition coefficient (Wildman–Crippen LogP) is 3.55. The van der Waals surface area contributed by atoms with Gasteiger partial charge < -0.3 is 9.64 Å². The number of rotatable bonds is 6. The van der Waals surface area contributed by atoms with Gasteiger partial charge in [-0.3, -0.25) is 24.6 Å². The van der Waals surface area contributed by atoms with Gasteiger partial charge in [-0.25, -0.2) is 0 Å². The summed E-state index contributed by atoms with van der Waals surface area (Å²) in [5.41, 5.74) is 2.81. The minimum Gasteiger partial charge on any atom is -0.489 e. The Morgan fingerprint density at radius 2 is 1.75 bits per heavy atom. The molecule has 0 bridgehead atoms. The van der Waals surface area contributed by atoms with E-state index >= 15 is 0 Å². The molecule has 3 amide bonds. The summed E-state index contributed by atoms with van der Waals surface area (Å²) in [6.07, 6.45) is -3.06. The first-order valence-electron chi connectivity index (χ1n) is 12.0. The molecule has 190 valence electrons. The molecule has 0 aliphatic carbocycles. The fraction of sp³-hybridized carbons (Fsp3) is 0.423.